The predicted molar refractivity (Wildman–Crippen MR) is 53.3 cm³/mol. The minimum atomic E-state index is 0.0475. The molecular weight excluding hydrogens is 182 g/mol. The molecule has 0 bridgehead atoms. The zero-order chi connectivity index (χ0) is 10.6. The van der Waals surface area contributed by atoms with Crippen molar-refractivity contribution >= 4 is 5.71 Å². The Hall–Kier alpha value is -1.71. The first-order valence-corrected chi connectivity index (χ1v) is 4.34. The molecule has 0 unspecified atom stereocenters. The summed E-state index contributed by atoms with van der Waals surface area (Å²) in [6, 6.07) is 4.86. The number of benzene rings is 1. The highest BCUT2D eigenvalue weighted by atomic mass is 16.5. The summed E-state index contributed by atoms with van der Waals surface area (Å²) in [5.41, 5.74) is 0.863. The number of rotatable bonds is 3. The Balaban J connectivity index is 3.01. The summed E-state index contributed by atoms with van der Waals surface area (Å²) in [6.07, 6.45) is 0. The number of ether oxygens (including phenoxy) is 1. The fourth-order valence-corrected chi connectivity index (χ4v) is 1.13. The van der Waals surface area contributed by atoms with Gasteiger partial charge in [0.15, 0.2) is 0 Å². The van der Waals surface area contributed by atoms with Gasteiger partial charge in [0.2, 0.25) is 0 Å². The summed E-state index contributed by atoms with van der Waals surface area (Å²) < 4.78 is 5.19. The van der Waals surface area contributed by atoms with E-state index in [1.54, 1.807) is 19.1 Å². The first kappa shape index (κ1) is 10.4. The lowest BCUT2D eigenvalue weighted by Crippen LogP contribution is -1.96. The zero-order valence-electron chi connectivity index (χ0n) is 8.19. The number of hydrogen-bond donors (Lipinski definition) is 2. The summed E-state index contributed by atoms with van der Waals surface area (Å²) in [5, 5.41) is 21.1. The van der Waals surface area contributed by atoms with Crippen molar-refractivity contribution in [3.8, 4) is 11.5 Å². The minimum absolute atomic E-state index is 0.0475. The van der Waals surface area contributed by atoms with E-state index in [0.29, 0.717) is 23.6 Å². The number of nitrogens with zero attached hydrogens (tertiary/aromatic N) is 1. The Labute approximate surface area is 82.4 Å². The fraction of sp³-hybridized carbons (Fsp3) is 0.300. The van der Waals surface area contributed by atoms with Crippen molar-refractivity contribution in [2.75, 3.05) is 6.61 Å². The third-order valence-corrected chi connectivity index (χ3v) is 1.82. The first-order valence-electron chi connectivity index (χ1n) is 4.34. The summed E-state index contributed by atoms with van der Waals surface area (Å²) >= 11 is 0. The third-order valence-electron chi connectivity index (χ3n) is 1.82. The molecule has 1 aromatic rings. The fourth-order valence-electron chi connectivity index (χ4n) is 1.13. The van der Waals surface area contributed by atoms with Crippen molar-refractivity contribution in [1.29, 1.82) is 0 Å². The van der Waals surface area contributed by atoms with Gasteiger partial charge < -0.3 is 15.1 Å². The molecule has 76 valence electrons. The number of phenols is 1. The predicted octanol–water partition coefficient (Wildman–Crippen LogP) is 1.99. The van der Waals surface area contributed by atoms with Crippen molar-refractivity contribution in [2.24, 2.45) is 5.16 Å². The standard InChI is InChI=1S/C10H13NO3/c1-3-14-8-4-5-9(7(2)11-13)10(12)6-8/h4-6,12-13H,3H2,1-2H3/b11-7+. The molecule has 0 saturated carbocycles. The van der Waals surface area contributed by atoms with E-state index in [4.69, 9.17) is 9.94 Å². The van der Waals surface area contributed by atoms with Gasteiger partial charge in [-0.1, -0.05) is 5.16 Å². The van der Waals surface area contributed by atoms with Gasteiger partial charge in [0.1, 0.15) is 11.5 Å². The van der Waals surface area contributed by atoms with Gasteiger partial charge in [-0.2, -0.15) is 0 Å². The summed E-state index contributed by atoms with van der Waals surface area (Å²) in [7, 11) is 0. The molecule has 0 fully saturated rings. The normalized spacial score (nSPS) is 11.4. The van der Waals surface area contributed by atoms with Crippen LogP contribution in [0.15, 0.2) is 23.4 Å². The molecule has 0 atom stereocenters. The smallest absolute Gasteiger partial charge is 0.128 e. The van der Waals surface area contributed by atoms with Crippen LogP contribution in [0.2, 0.25) is 0 Å². The number of aromatic hydroxyl groups is 1. The highest BCUT2D eigenvalue weighted by Crippen LogP contribution is 2.24. The van der Waals surface area contributed by atoms with Crippen LogP contribution >= 0.6 is 0 Å². The Morgan fingerprint density at radius 3 is 2.71 bits per heavy atom. The van der Waals surface area contributed by atoms with Crippen LogP contribution in [-0.4, -0.2) is 22.6 Å². The van der Waals surface area contributed by atoms with Crippen LogP contribution in [0.3, 0.4) is 0 Å². The molecule has 0 saturated heterocycles. The molecule has 0 aliphatic carbocycles. The van der Waals surface area contributed by atoms with Crippen LogP contribution < -0.4 is 4.74 Å². The molecule has 0 radical (unpaired) electrons. The van der Waals surface area contributed by atoms with Gasteiger partial charge in [0.25, 0.3) is 0 Å². The maximum absolute atomic E-state index is 9.55. The quantitative estimate of drug-likeness (QED) is 0.440. The van der Waals surface area contributed by atoms with Gasteiger partial charge in [0.05, 0.1) is 12.3 Å². The van der Waals surface area contributed by atoms with E-state index >= 15 is 0 Å². The molecule has 4 heteroatoms. The molecule has 0 aliphatic heterocycles. The largest absolute Gasteiger partial charge is 0.507 e. The lowest BCUT2D eigenvalue weighted by Gasteiger charge is -2.06. The lowest BCUT2D eigenvalue weighted by molar-refractivity contribution is 0.318. The van der Waals surface area contributed by atoms with E-state index < -0.39 is 0 Å². The van der Waals surface area contributed by atoms with Crippen LogP contribution in [0.5, 0.6) is 11.5 Å². The van der Waals surface area contributed by atoms with Crippen molar-refractivity contribution in [3.63, 3.8) is 0 Å². The summed E-state index contributed by atoms with van der Waals surface area (Å²) in [4.78, 5) is 0. The molecule has 1 rings (SSSR count). The Kier molecular flexibility index (Phi) is 3.34. The maximum Gasteiger partial charge on any atom is 0.128 e. The van der Waals surface area contributed by atoms with Crippen LogP contribution in [0.4, 0.5) is 0 Å². The summed E-state index contributed by atoms with van der Waals surface area (Å²) in [5.74, 6) is 0.644. The lowest BCUT2D eigenvalue weighted by atomic mass is 10.1. The van der Waals surface area contributed by atoms with Gasteiger partial charge in [-0.05, 0) is 26.0 Å². The van der Waals surface area contributed by atoms with Crippen molar-refractivity contribution in [2.45, 2.75) is 13.8 Å². The third kappa shape index (κ3) is 2.16. The van der Waals surface area contributed by atoms with Gasteiger partial charge in [0, 0.05) is 11.6 Å². The molecule has 2 N–H and O–H groups in total. The van der Waals surface area contributed by atoms with Gasteiger partial charge >= 0.3 is 0 Å². The number of oxime groups is 1. The highest BCUT2D eigenvalue weighted by molar-refractivity contribution is 6.00. The first-order chi connectivity index (χ1) is 6.69. The zero-order valence-corrected chi connectivity index (χ0v) is 8.19. The average molecular weight is 195 g/mol. The second-order valence-electron chi connectivity index (χ2n) is 2.80. The Morgan fingerprint density at radius 1 is 1.50 bits per heavy atom. The molecule has 0 spiro atoms. The molecule has 0 amide bonds. The summed E-state index contributed by atoms with van der Waals surface area (Å²) in [6.45, 7) is 4.02. The molecule has 0 aliphatic rings. The van der Waals surface area contributed by atoms with Gasteiger partial charge in [-0.3, -0.25) is 0 Å². The maximum atomic E-state index is 9.55. The second-order valence-corrected chi connectivity index (χ2v) is 2.80. The SMILES string of the molecule is CCOc1ccc(/C(C)=N/O)c(O)c1. The molecule has 4 nitrogen and oxygen atoms in total. The van der Waals surface area contributed by atoms with Gasteiger partial charge in [-0.15, -0.1) is 0 Å². The molecule has 1 aromatic carbocycles. The van der Waals surface area contributed by atoms with Gasteiger partial charge in [-0.25, -0.2) is 0 Å². The second kappa shape index (κ2) is 4.50. The van der Waals surface area contributed by atoms with E-state index in [9.17, 15) is 5.11 Å². The number of phenolic OH excluding ortho intramolecular Hbond substituents is 1. The van der Waals surface area contributed by atoms with E-state index in [0.717, 1.165) is 0 Å². The Bertz CT molecular complexity index is 347. The van der Waals surface area contributed by atoms with E-state index in [-0.39, 0.29) is 5.75 Å². The van der Waals surface area contributed by atoms with Crippen molar-refractivity contribution < 1.29 is 15.1 Å². The molecular formula is C10H13NO3. The van der Waals surface area contributed by atoms with Crippen LogP contribution in [0.25, 0.3) is 0 Å². The van der Waals surface area contributed by atoms with Crippen LogP contribution in [0, 0.1) is 0 Å². The molecule has 14 heavy (non-hydrogen) atoms. The van der Waals surface area contributed by atoms with Crippen LogP contribution in [-0.2, 0) is 0 Å². The van der Waals surface area contributed by atoms with E-state index in [2.05, 4.69) is 5.16 Å². The average Bonchev–Trinajstić information content (AvgIpc) is 2.17. The highest BCUT2D eigenvalue weighted by Gasteiger charge is 2.06. The molecule has 0 aromatic heterocycles. The van der Waals surface area contributed by atoms with Crippen molar-refractivity contribution in [3.05, 3.63) is 23.8 Å². The van der Waals surface area contributed by atoms with Crippen LogP contribution in [0.1, 0.15) is 19.4 Å². The van der Waals surface area contributed by atoms with Crippen molar-refractivity contribution in [1.82, 2.24) is 0 Å². The van der Waals surface area contributed by atoms with E-state index in [1.807, 2.05) is 6.92 Å². The molecule has 0 heterocycles. The topological polar surface area (TPSA) is 62.0 Å². The van der Waals surface area contributed by atoms with E-state index in [1.165, 1.54) is 6.07 Å². The Morgan fingerprint density at radius 2 is 2.21 bits per heavy atom. The number of hydrogen-bond acceptors (Lipinski definition) is 4. The monoisotopic (exact) mass is 195 g/mol. The minimum Gasteiger partial charge on any atom is -0.507 e.